The van der Waals surface area contributed by atoms with Crippen molar-refractivity contribution in [1.82, 2.24) is 0 Å². The molecule has 0 saturated heterocycles. The molecule has 0 bridgehead atoms. The summed E-state index contributed by atoms with van der Waals surface area (Å²) in [6.07, 6.45) is 1.11. The number of nitrogens with two attached hydrogens (primary N) is 2. The number of hydrogen-bond acceptors (Lipinski definition) is 3. The molecule has 0 aromatic heterocycles. The molecule has 6 nitrogen and oxygen atoms in total. The van der Waals surface area contributed by atoms with Gasteiger partial charge in [0.25, 0.3) is 5.91 Å². The third-order valence-corrected chi connectivity index (χ3v) is 6.51. The third-order valence-electron chi connectivity index (χ3n) is 5.58. The van der Waals surface area contributed by atoms with E-state index in [1.165, 1.54) is 35.4 Å². The number of carbonyl (C=O) groups excluding carboxylic acids is 1. The number of hydrogen-bond donors (Lipinski definition) is 3. The van der Waals surface area contributed by atoms with Crippen LogP contribution in [0.5, 0.6) is 0 Å². The summed E-state index contributed by atoms with van der Waals surface area (Å²) in [5.74, 6) is 0.745. The summed E-state index contributed by atoms with van der Waals surface area (Å²) in [5.41, 5.74) is 3.07. The van der Waals surface area contributed by atoms with E-state index in [4.69, 9.17) is 5.14 Å². The first-order valence-corrected chi connectivity index (χ1v) is 12.0. The van der Waals surface area contributed by atoms with E-state index in [2.05, 4.69) is 62.6 Å². The minimum Gasteiger partial charge on any atom is -0.330 e. The molecule has 0 unspecified atom stereocenters. The van der Waals surface area contributed by atoms with Crippen molar-refractivity contribution in [2.75, 3.05) is 5.32 Å². The zero-order chi connectivity index (χ0) is 22.5. The molecule has 0 aliphatic rings. The van der Waals surface area contributed by atoms with Crippen LogP contribution in [0.1, 0.15) is 64.1 Å². The average Bonchev–Trinajstić information content (AvgIpc) is 2.70. The topological polar surface area (TPSA) is 106 Å². The van der Waals surface area contributed by atoms with Crippen molar-refractivity contribution in [3.8, 4) is 0 Å². The SMILES string of the molecule is CC[C@H](C)c1ccc([C@@H]([NH2+][C@@H](C)C(=O)Nc2ccc(S(N)(=O)=O)cc2)C(C)C)cc1. The summed E-state index contributed by atoms with van der Waals surface area (Å²) in [6.45, 7) is 10.6. The Balaban J connectivity index is 2.07. The molecule has 0 saturated carbocycles. The van der Waals surface area contributed by atoms with Gasteiger partial charge >= 0.3 is 0 Å². The highest BCUT2D eigenvalue weighted by atomic mass is 32.2. The zero-order valence-electron chi connectivity index (χ0n) is 18.4. The highest BCUT2D eigenvalue weighted by molar-refractivity contribution is 7.89. The van der Waals surface area contributed by atoms with Gasteiger partial charge in [-0.25, -0.2) is 13.6 Å². The Morgan fingerprint density at radius 1 is 0.967 bits per heavy atom. The van der Waals surface area contributed by atoms with E-state index in [1.807, 2.05) is 6.92 Å². The average molecular weight is 433 g/mol. The largest absolute Gasteiger partial charge is 0.330 e. The highest BCUT2D eigenvalue weighted by Crippen LogP contribution is 2.23. The Bertz CT molecular complexity index is 939. The van der Waals surface area contributed by atoms with E-state index in [9.17, 15) is 13.2 Å². The fourth-order valence-electron chi connectivity index (χ4n) is 3.38. The van der Waals surface area contributed by atoms with Crippen LogP contribution in [0.3, 0.4) is 0 Å². The number of quaternary nitrogens is 1. The second kappa shape index (κ2) is 10.2. The van der Waals surface area contributed by atoms with Crippen molar-refractivity contribution >= 4 is 21.6 Å². The number of rotatable bonds is 9. The van der Waals surface area contributed by atoms with Gasteiger partial charge in [-0.3, -0.25) is 4.79 Å². The second-order valence-corrected chi connectivity index (χ2v) is 9.85. The zero-order valence-corrected chi connectivity index (χ0v) is 19.2. The molecule has 2 rings (SSSR count). The lowest BCUT2D eigenvalue weighted by Gasteiger charge is -2.23. The van der Waals surface area contributed by atoms with Gasteiger partial charge in [-0.2, -0.15) is 0 Å². The van der Waals surface area contributed by atoms with Crippen LogP contribution >= 0.6 is 0 Å². The van der Waals surface area contributed by atoms with Crippen LogP contribution in [0.15, 0.2) is 53.4 Å². The molecule has 0 spiro atoms. The summed E-state index contributed by atoms with van der Waals surface area (Å²) < 4.78 is 22.7. The number of sulfonamides is 1. The molecule has 3 atom stereocenters. The second-order valence-electron chi connectivity index (χ2n) is 8.29. The molecule has 2 aromatic rings. The first-order valence-electron chi connectivity index (χ1n) is 10.4. The van der Waals surface area contributed by atoms with Crippen LogP contribution in [-0.4, -0.2) is 20.4 Å². The van der Waals surface area contributed by atoms with Crippen LogP contribution in [-0.2, 0) is 14.8 Å². The lowest BCUT2D eigenvalue weighted by atomic mass is 9.91. The Morgan fingerprint density at radius 2 is 1.50 bits per heavy atom. The monoisotopic (exact) mass is 432 g/mol. The first kappa shape index (κ1) is 24.1. The Morgan fingerprint density at radius 3 is 1.97 bits per heavy atom. The maximum Gasteiger partial charge on any atom is 0.282 e. The molecule has 0 aliphatic heterocycles. The lowest BCUT2D eigenvalue weighted by molar-refractivity contribution is -0.718. The molecular formula is C23H34N3O3S+. The molecular weight excluding hydrogens is 398 g/mol. The number of amides is 1. The third kappa shape index (κ3) is 6.39. The van der Waals surface area contributed by atoms with Gasteiger partial charge in [0.1, 0.15) is 6.04 Å². The molecule has 1 amide bonds. The van der Waals surface area contributed by atoms with Crippen molar-refractivity contribution < 1.29 is 18.5 Å². The predicted octanol–water partition coefficient (Wildman–Crippen LogP) is 3.14. The van der Waals surface area contributed by atoms with Crippen LogP contribution < -0.4 is 15.8 Å². The minimum absolute atomic E-state index is 0.0146. The van der Waals surface area contributed by atoms with Crippen molar-refractivity contribution in [3.05, 3.63) is 59.7 Å². The first-order chi connectivity index (χ1) is 14.0. The Labute approximate surface area is 180 Å². The van der Waals surface area contributed by atoms with E-state index < -0.39 is 10.0 Å². The van der Waals surface area contributed by atoms with Crippen LogP contribution in [0.2, 0.25) is 0 Å². The smallest absolute Gasteiger partial charge is 0.282 e. The fraction of sp³-hybridized carbons (Fsp3) is 0.435. The predicted molar refractivity (Wildman–Crippen MR) is 121 cm³/mol. The van der Waals surface area contributed by atoms with E-state index in [1.54, 1.807) is 0 Å². The molecule has 0 aliphatic carbocycles. The lowest BCUT2D eigenvalue weighted by Crippen LogP contribution is -2.93. The molecule has 0 heterocycles. The molecule has 5 N–H and O–H groups in total. The summed E-state index contributed by atoms with van der Waals surface area (Å²) in [5, 5.41) is 10.0. The van der Waals surface area contributed by atoms with E-state index in [0.717, 1.165) is 6.42 Å². The maximum absolute atomic E-state index is 12.7. The summed E-state index contributed by atoms with van der Waals surface area (Å²) in [4.78, 5) is 12.7. The standard InChI is InChI=1S/C23H33N3O3S/c1-6-16(4)18-7-9-19(10-8-18)22(15(2)3)25-17(5)23(27)26-20-11-13-21(14-12-20)30(24,28)29/h7-17,22,25H,6H2,1-5H3,(H,26,27)(H2,24,28,29)/p+1/t16-,17-,22-/m0/s1. The molecule has 0 fully saturated rings. The Hall–Kier alpha value is -2.22. The van der Waals surface area contributed by atoms with Gasteiger partial charge in [0.2, 0.25) is 10.0 Å². The summed E-state index contributed by atoms with van der Waals surface area (Å²) in [6, 6.07) is 14.4. The van der Waals surface area contributed by atoms with Gasteiger partial charge in [-0.15, -0.1) is 0 Å². The summed E-state index contributed by atoms with van der Waals surface area (Å²) in [7, 11) is -3.75. The van der Waals surface area contributed by atoms with Gasteiger partial charge in [0.05, 0.1) is 4.90 Å². The highest BCUT2D eigenvalue weighted by Gasteiger charge is 2.26. The molecule has 0 radical (unpaired) electrons. The van der Waals surface area contributed by atoms with Crippen LogP contribution in [0.4, 0.5) is 5.69 Å². The fourth-order valence-corrected chi connectivity index (χ4v) is 3.90. The number of carbonyl (C=O) groups is 1. The van der Waals surface area contributed by atoms with E-state index in [0.29, 0.717) is 17.5 Å². The normalized spacial score (nSPS) is 14.9. The van der Waals surface area contributed by atoms with Crippen molar-refractivity contribution in [2.45, 2.75) is 63.9 Å². The van der Waals surface area contributed by atoms with E-state index >= 15 is 0 Å². The van der Waals surface area contributed by atoms with Crippen molar-refractivity contribution in [3.63, 3.8) is 0 Å². The van der Waals surface area contributed by atoms with Gasteiger partial charge < -0.3 is 10.6 Å². The van der Waals surface area contributed by atoms with Crippen molar-refractivity contribution in [2.24, 2.45) is 11.1 Å². The van der Waals surface area contributed by atoms with Crippen LogP contribution in [0.25, 0.3) is 0 Å². The quantitative estimate of drug-likeness (QED) is 0.567. The summed E-state index contributed by atoms with van der Waals surface area (Å²) >= 11 is 0. The maximum atomic E-state index is 12.7. The van der Waals surface area contributed by atoms with Crippen molar-refractivity contribution in [1.29, 1.82) is 0 Å². The number of benzene rings is 2. The molecule has 7 heteroatoms. The van der Waals surface area contributed by atoms with Crippen LogP contribution in [0, 0.1) is 5.92 Å². The van der Waals surface area contributed by atoms with Gasteiger partial charge in [-0.1, -0.05) is 52.0 Å². The number of nitrogens with one attached hydrogen (secondary N) is 1. The minimum atomic E-state index is -3.75. The van der Waals surface area contributed by atoms with Gasteiger partial charge in [-0.05, 0) is 49.1 Å². The van der Waals surface area contributed by atoms with E-state index in [-0.39, 0.29) is 22.9 Å². The van der Waals surface area contributed by atoms with Gasteiger partial charge in [0.15, 0.2) is 6.04 Å². The molecule has 164 valence electrons. The molecule has 30 heavy (non-hydrogen) atoms. The number of primary sulfonamides is 1. The Kier molecular flexibility index (Phi) is 8.18. The number of anilines is 1. The van der Waals surface area contributed by atoms with Gasteiger partial charge in [0, 0.05) is 17.2 Å². The molecule has 2 aromatic carbocycles.